The first-order chi connectivity index (χ1) is 31.0. The van der Waals surface area contributed by atoms with Crippen LogP contribution >= 0.6 is 0 Å². The number of aromatic nitrogens is 5. The van der Waals surface area contributed by atoms with Crippen LogP contribution in [0.4, 0.5) is 0 Å². The molecule has 1 saturated carbocycles. The zero-order valence-electron chi connectivity index (χ0n) is 39.1. The molecule has 63 heavy (non-hydrogen) atoms. The molecule has 1 aliphatic carbocycles. The molecule has 0 unspecified atom stereocenters. The van der Waals surface area contributed by atoms with E-state index in [0.717, 1.165) is 119 Å². The lowest BCUT2D eigenvalue weighted by molar-refractivity contribution is -0.149. The molecule has 10 nitrogen and oxygen atoms in total. The van der Waals surface area contributed by atoms with Crippen LogP contribution in [0.15, 0.2) is 67.4 Å². The largest absolute Gasteiger partial charge is 0.462 e. The highest BCUT2D eigenvalue weighted by Crippen LogP contribution is 2.37. The van der Waals surface area contributed by atoms with Crippen molar-refractivity contribution in [3.05, 3.63) is 67.4 Å². The summed E-state index contributed by atoms with van der Waals surface area (Å²) < 4.78 is 15.4. The van der Waals surface area contributed by atoms with E-state index in [1.807, 2.05) is 33.9 Å². The van der Waals surface area contributed by atoms with Crippen molar-refractivity contribution in [2.45, 2.75) is 219 Å². The van der Waals surface area contributed by atoms with Gasteiger partial charge in [-0.15, -0.1) is 0 Å². The second-order valence-electron chi connectivity index (χ2n) is 17.7. The van der Waals surface area contributed by atoms with Gasteiger partial charge in [-0.1, -0.05) is 127 Å². The number of unbranched alkanes of at least 4 members (excludes halogenated alkanes) is 15. The summed E-state index contributed by atoms with van der Waals surface area (Å²) in [5, 5.41) is 15.0. The summed E-state index contributed by atoms with van der Waals surface area (Å²) in [6.07, 6.45) is 51.1. The molecule has 0 amide bonds. The molecule has 4 rings (SSSR count). The first-order valence-electron chi connectivity index (χ1n) is 25.0. The summed E-state index contributed by atoms with van der Waals surface area (Å²) >= 11 is 0. The molecule has 0 radical (unpaired) electrons. The van der Waals surface area contributed by atoms with Gasteiger partial charge in [-0.25, -0.2) is 9.97 Å². The van der Waals surface area contributed by atoms with Gasteiger partial charge in [0.2, 0.25) is 0 Å². The molecule has 0 N–H and O–H groups in total. The highest BCUT2D eigenvalue weighted by molar-refractivity contribution is 5.90. The van der Waals surface area contributed by atoms with E-state index in [1.54, 1.807) is 0 Å². The van der Waals surface area contributed by atoms with E-state index in [1.165, 1.54) is 70.5 Å². The zero-order chi connectivity index (χ0) is 44.6. The third-order valence-corrected chi connectivity index (χ3v) is 12.5. The normalized spacial score (nSPS) is 14.4. The number of ether oxygens (including phenoxy) is 2. The van der Waals surface area contributed by atoms with Gasteiger partial charge in [0, 0.05) is 42.6 Å². The molecule has 0 spiro atoms. The van der Waals surface area contributed by atoms with Crippen molar-refractivity contribution in [3.8, 4) is 17.3 Å². The second kappa shape index (κ2) is 32.2. The number of hydrogen-bond acceptors (Lipinski definition) is 8. The fourth-order valence-electron chi connectivity index (χ4n) is 8.71. The van der Waals surface area contributed by atoms with Crippen LogP contribution in [0.25, 0.3) is 22.3 Å². The summed E-state index contributed by atoms with van der Waals surface area (Å²) in [7, 11) is 0. The molecule has 0 saturated heterocycles. The number of nitriles is 1. The maximum atomic E-state index is 12.7. The topological polar surface area (TPSA) is 125 Å². The minimum atomic E-state index is -0.203. The molecule has 346 valence electrons. The number of nitrogens with zero attached hydrogens (tertiary/aromatic N) is 6. The summed E-state index contributed by atoms with van der Waals surface area (Å²) in [5.41, 5.74) is 2.37. The fourth-order valence-corrected chi connectivity index (χ4v) is 8.71. The number of carbonyl (C=O) groups excluding carboxylic acids is 2. The lowest BCUT2D eigenvalue weighted by atomic mass is 9.96. The van der Waals surface area contributed by atoms with Gasteiger partial charge in [-0.3, -0.25) is 18.8 Å². The number of fused-ring (bicyclic) bond motifs is 1. The molecule has 0 bridgehead atoms. The number of esters is 2. The summed E-state index contributed by atoms with van der Waals surface area (Å²) in [4.78, 5) is 34.4. The van der Waals surface area contributed by atoms with Crippen molar-refractivity contribution in [1.82, 2.24) is 24.3 Å². The average Bonchev–Trinajstić information content (AvgIpc) is 4.10. The van der Waals surface area contributed by atoms with Crippen molar-refractivity contribution >= 4 is 23.0 Å². The fraction of sp³-hybridized carbons (Fsp3) is 0.660. The number of allylic oxidation sites excluding steroid dienone is 5. The van der Waals surface area contributed by atoms with E-state index in [0.29, 0.717) is 30.8 Å². The molecule has 3 aromatic heterocycles. The van der Waals surface area contributed by atoms with E-state index in [4.69, 9.17) is 9.47 Å². The van der Waals surface area contributed by atoms with Gasteiger partial charge in [-0.05, 0) is 95.5 Å². The van der Waals surface area contributed by atoms with Crippen molar-refractivity contribution in [3.63, 3.8) is 0 Å². The van der Waals surface area contributed by atoms with Crippen molar-refractivity contribution in [1.29, 1.82) is 5.26 Å². The first kappa shape index (κ1) is 51.1. The van der Waals surface area contributed by atoms with Crippen molar-refractivity contribution < 1.29 is 19.1 Å². The molecule has 1 fully saturated rings. The van der Waals surface area contributed by atoms with Crippen LogP contribution < -0.4 is 0 Å². The van der Waals surface area contributed by atoms with Gasteiger partial charge in [0.15, 0.2) is 6.73 Å². The highest BCUT2D eigenvalue weighted by Gasteiger charge is 2.27. The molecule has 1 aliphatic rings. The van der Waals surface area contributed by atoms with Gasteiger partial charge < -0.3 is 9.47 Å². The predicted molar refractivity (Wildman–Crippen MR) is 256 cm³/mol. The number of carbonyl (C=O) groups is 2. The van der Waals surface area contributed by atoms with Crippen LogP contribution in [0.1, 0.15) is 206 Å². The first-order valence-corrected chi connectivity index (χ1v) is 25.0. The van der Waals surface area contributed by atoms with Crippen LogP contribution in [0, 0.1) is 17.2 Å². The molecular formula is C53H80N6O4. The Kier molecular flexibility index (Phi) is 26.1. The maximum Gasteiger partial charge on any atom is 0.307 e. The van der Waals surface area contributed by atoms with E-state index in [9.17, 15) is 14.9 Å². The Hall–Kier alpha value is -4.52. The molecule has 2 atom stereocenters. The van der Waals surface area contributed by atoms with E-state index >= 15 is 0 Å². The quantitative estimate of drug-likeness (QED) is 0.0325. The Bertz CT molecular complexity index is 1830. The SMILES string of the molecule is CCCCC/C=C\C/C=C\CCCCCCC(=O)O[C@@H](C/C=C\CCCCCCCC(=O)OCn1ccc2c(-c3cnn([C@H](CC#N)C4CCCC4)c3)ncnc21)CCCCCC. The minimum absolute atomic E-state index is 0.0234. The molecule has 0 aromatic carbocycles. The summed E-state index contributed by atoms with van der Waals surface area (Å²) in [6.45, 7) is 4.57. The van der Waals surface area contributed by atoms with Gasteiger partial charge in [-0.2, -0.15) is 10.4 Å². The van der Waals surface area contributed by atoms with Crippen LogP contribution in [0.5, 0.6) is 0 Å². The van der Waals surface area contributed by atoms with Gasteiger partial charge >= 0.3 is 11.9 Å². The Labute approximate surface area is 380 Å². The van der Waals surface area contributed by atoms with Crippen molar-refractivity contribution in [2.75, 3.05) is 0 Å². The van der Waals surface area contributed by atoms with E-state index in [-0.39, 0.29) is 30.8 Å². The van der Waals surface area contributed by atoms with Crippen LogP contribution in [-0.4, -0.2) is 42.4 Å². The molecule has 3 aromatic rings. The minimum Gasteiger partial charge on any atom is -0.462 e. The molecule has 0 aliphatic heterocycles. The Morgan fingerprint density at radius 1 is 0.794 bits per heavy atom. The van der Waals surface area contributed by atoms with Gasteiger partial charge in [0.25, 0.3) is 0 Å². The Morgan fingerprint density at radius 3 is 2.14 bits per heavy atom. The average molecular weight is 865 g/mol. The zero-order valence-corrected chi connectivity index (χ0v) is 39.1. The number of rotatable bonds is 35. The van der Waals surface area contributed by atoms with Crippen LogP contribution in [-0.2, 0) is 25.8 Å². The number of hydrogen-bond donors (Lipinski definition) is 0. The second-order valence-corrected chi connectivity index (χ2v) is 17.7. The van der Waals surface area contributed by atoms with E-state index < -0.39 is 0 Å². The summed E-state index contributed by atoms with van der Waals surface area (Å²) in [6, 6.07) is 4.39. The lowest BCUT2D eigenvalue weighted by Crippen LogP contribution is -2.17. The third kappa shape index (κ3) is 20.2. The third-order valence-electron chi connectivity index (χ3n) is 12.5. The Morgan fingerprint density at radius 2 is 1.43 bits per heavy atom. The standard InChI is InChI=1S/C53H80N6O4/c1-3-5-7-9-10-11-12-13-14-15-16-21-24-28-36-51(61)63-47(33-25-8-6-4-2)34-26-22-19-17-18-20-23-27-35-50(60)62-44-58-40-38-48-52(55-43-56-53(48)58)46-41-57-59(42-46)49(37-39-54)45-31-29-30-32-45/h10-11,13-14,22,26,38,40-43,45,47,49H,3-9,12,15-21,23-25,27-37,44H2,1-2H3/b11-10-,14-13-,26-22-/t47-,49-/m1/s1. The molecular weight excluding hydrogens is 785 g/mol. The lowest BCUT2D eigenvalue weighted by Gasteiger charge is -2.21. The molecule has 3 heterocycles. The predicted octanol–water partition coefficient (Wildman–Crippen LogP) is 14.4. The highest BCUT2D eigenvalue weighted by atomic mass is 16.5. The van der Waals surface area contributed by atoms with Gasteiger partial charge in [0.1, 0.15) is 18.1 Å². The van der Waals surface area contributed by atoms with Crippen LogP contribution in [0.2, 0.25) is 0 Å². The van der Waals surface area contributed by atoms with E-state index in [2.05, 4.69) is 71.4 Å². The van der Waals surface area contributed by atoms with Crippen LogP contribution in [0.3, 0.4) is 0 Å². The Balaban J connectivity index is 1.05. The van der Waals surface area contributed by atoms with Gasteiger partial charge in [0.05, 0.1) is 30.4 Å². The maximum absolute atomic E-state index is 12.7. The summed E-state index contributed by atoms with van der Waals surface area (Å²) in [5.74, 6) is 0.236. The monoisotopic (exact) mass is 865 g/mol. The molecule has 10 heteroatoms. The smallest absolute Gasteiger partial charge is 0.307 e. The van der Waals surface area contributed by atoms with Crippen molar-refractivity contribution in [2.24, 2.45) is 5.92 Å².